The third kappa shape index (κ3) is 5.71. The van der Waals surface area contributed by atoms with E-state index in [0.717, 1.165) is 0 Å². The lowest BCUT2D eigenvalue weighted by Gasteiger charge is -2.39. The molecule has 0 radical (unpaired) electrons. The van der Waals surface area contributed by atoms with Crippen LogP contribution in [-0.2, 0) is 4.79 Å². The maximum Gasteiger partial charge on any atom is 0.271 e. The number of rotatable bonds is 7. The Balaban J connectivity index is 1.46. The summed E-state index contributed by atoms with van der Waals surface area (Å²) in [7, 11) is 0. The van der Waals surface area contributed by atoms with Gasteiger partial charge in [0.15, 0.2) is 0 Å². The van der Waals surface area contributed by atoms with E-state index in [1.54, 1.807) is 4.90 Å². The number of benzene rings is 3. The largest absolute Gasteiger partial charge is 0.359 e. The summed E-state index contributed by atoms with van der Waals surface area (Å²) in [6.07, 6.45) is 1.25. The highest BCUT2D eigenvalue weighted by Gasteiger charge is 2.29. The first-order chi connectivity index (χ1) is 17.5. The Labute approximate surface area is 214 Å². The van der Waals surface area contributed by atoms with Crippen molar-refractivity contribution in [2.75, 3.05) is 31.5 Å². The number of nitro benzene ring substituents is 1. The number of nitrogens with zero attached hydrogens (tertiary/aromatic N) is 4. The van der Waals surface area contributed by atoms with Gasteiger partial charge in [-0.1, -0.05) is 72.3 Å². The Morgan fingerprint density at radius 3 is 2.11 bits per heavy atom. The van der Waals surface area contributed by atoms with Gasteiger partial charge in [-0.3, -0.25) is 19.8 Å². The molecule has 36 heavy (non-hydrogen) atoms. The number of nitrogens with one attached hydrogen (secondary N) is 1. The molecule has 0 unspecified atom stereocenters. The van der Waals surface area contributed by atoms with Gasteiger partial charge in [-0.2, -0.15) is 5.26 Å². The van der Waals surface area contributed by atoms with Crippen molar-refractivity contribution in [1.82, 2.24) is 9.80 Å². The molecule has 3 aromatic carbocycles. The lowest BCUT2D eigenvalue weighted by Crippen LogP contribution is -2.50. The van der Waals surface area contributed by atoms with Crippen molar-refractivity contribution in [3.05, 3.63) is 117 Å². The summed E-state index contributed by atoms with van der Waals surface area (Å²) in [6, 6.07) is 26.4. The van der Waals surface area contributed by atoms with Crippen LogP contribution < -0.4 is 5.32 Å². The maximum atomic E-state index is 13.1. The molecule has 0 aromatic heterocycles. The first-order valence-corrected chi connectivity index (χ1v) is 11.8. The molecule has 3 aromatic rings. The Kier molecular flexibility index (Phi) is 7.95. The smallest absolute Gasteiger partial charge is 0.271 e. The zero-order valence-corrected chi connectivity index (χ0v) is 20.1. The minimum atomic E-state index is -0.542. The van der Waals surface area contributed by atoms with Crippen LogP contribution in [0.15, 0.2) is 90.6 Å². The van der Waals surface area contributed by atoms with Crippen molar-refractivity contribution >= 4 is 28.9 Å². The summed E-state index contributed by atoms with van der Waals surface area (Å²) < 4.78 is 0. The summed E-state index contributed by atoms with van der Waals surface area (Å²) in [5, 5.41) is 23.6. The monoisotopic (exact) mass is 501 g/mol. The van der Waals surface area contributed by atoms with Gasteiger partial charge in [-0.05, 0) is 17.2 Å². The Hall–Kier alpha value is -4.19. The van der Waals surface area contributed by atoms with Crippen LogP contribution in [0, 0.1) is 21.4 Å². The van der Waals surface area contributed by atoms with E-state index in [1.165, 1.54) is 35.5 Å². The van der Waals surface area contributed by atoms with Crippen LogP contribution in [0.2, 0.25) is 5.02 Å². The molecule has 1 aliphatic rings. The highest BCUT2D eigenvalue weighted by atomic mass is 35.5. The molecule has 9 heteroatoms. The molecule has 1 N–H and O–H groups in total. The van der Waals surface area contributed by atoms with Crippen LogP contribution >= 0.6 is 11.6 Å². The van der Waals surface area contributed by atoms with E-state index in [1.807, 2.05) is 42.5 Å². The number of nitro groups is 1. The second-order valence-electron chi connectivity index (χ2n) is 8.29. The molecule has 0 aliphatic carbocycles. The van der Waals surface area contributed by atoms with Crippen LogP contribution in [-0.4, -0.2) is 46.8 Å². The summed E-state index contributed by atoms with van der Waals surface area (Å²) in [4.78, 5) is 27.5. The van der Waals surface area contributed by atoms with E-state index in [2.05, 4.69) is 34.5 Å². The molecule has 0 spiro atoms. The minimum Gasteiger partial charge on any atom is -0.359 e. The van der Waals surface area contributed by atoms with E-state index in [9.17, 15) is 20.2 Å². The van der Waals surface area contributed by atoms with E-state index in [0.29, 0.717) is 26.2 Å². The Morgan fingerprint density at radius 1 is 1.00 bits per heavy atom. The molecule has 1 heterocycles. The lowest BCUT2D eigenvalue weighted by molar-refractivity contribution is -0.384. The van der Waals surface area contributed by atoms with Crippen molar-refractivity contribution in [2.24, 2.45) is 0 Å². The van der Waals surface area contributed by atoms with Crippen LogP contribution in [0.5, 0.6) is 0 Å². The van der Waals surface area contributed by atoms with E-state index in [4.69, 9.17) is 11.6 Å². The van der Waals surface area contributed by atoms with Gasteiger partial charge in [0.2, 0.25) is 0 Å². The fourth-order valence-electron chi connectivity index (χ4n) is 4.27. The normalized spacial score (nSPS) is 14.4. The van der Waals surface area contributed by atoms with Crippen molar-refractivity contribution < 1.29 is 9.72 Å². The Bertz CT molecular complexity index is 1260. The average molecular weight is 502 g/mol. The quantitative estimate of drug-likeness (QED) is 0.211. The minimum absolute atomic E-state index is 0.0633. The summed E-state index contributed by atoms with van der Waals surface area (Å²) in [6.45, 7) is 2.21. The predicted octanol–water partition coefficient (Wildman–Crippen LogP) is 5.00. The lowest BCUT2D eigenvalue weighted by atomic mass is 9.96. The second kappa shape index (κ2) is 11.5. The molecule has 182 valence electrons. The standard InChI is InChI=1S/C27H24ClN5O3/c28-24-12-11-23(33(35)36)17-25(24)30-19-22(18-29)27(34)32-15-13-31(14-16-32)26(20-7-3-1-4-8-20)21-9-5-2-6-10-21/h1-12,17,19,26,30H,13-16H2/b22-19-. The molecule has 0 bridgehead atoms. The molecule has 1 amide bonds. The fourth-order valence-corrected chi connectivity index (χ4v) is 4.44. The van der Waals surface area contributed by atoms with Crippen molar-refractivity contribution in [2.45, 2.75) is 6.04 Å². The van der Waals surface area contributed by atoms with Gasteiger partial charge in [0.1, 0.15) is 11.6 Å². The van der Waals surface area contributed by atoms with Crippen molar-refractivity contribution in [1.29, 1.82) is 5.26 Å². The predicted molar refractivity (Wildman–Crippen MR) is 138 cm³/mol. The van der Waals surface area contributed by atoms with Gasteiger partial charge in [0.25, 0.3) is 11.6 Å². The second-order valence-corrected chi connectivity index (χ2v) is 8.69. The van der Waals surface area contributed by atoms with Gasteiger partial charge >= 0.3 is 0 Å². The molecule has 1 fully saturated rings. The number of piperazine rings is 1. The number of carbonyl (C=O) groups is 1. The van der Waals surface area contributed by atoms with E-state index >= 15 is 0 Å². The van der Waals surface area contributed by atoms with Crippen LogP contribution in [0.1, 0.15) is 17.2 Å². The van der Waals surface area contributed by atoms with Gasteiger partial charge in [-0.25, -0.2) is 0 Å². The number of hydrogen-bond donors (Lipinski definition) is 1. The van der Waals surface area contributed by atoms with Crippen LogP contribution in [0.25, 0.3) is 0 Å². The third-order valence-electron chi connectivity index (χ3n) is 6.08. The third-order valence-corrected chi connectivity index (χ3v) is 6.41. The van der Waals surface area contributed by atoms with E-state index in [-0.39, 0.29) is 28.0 Å². The highest BCUT2D eigenvalue weighted by Crippen LogP contribution is 2.30. The number of carbonyl (C=O) groups excluding carboxylic acids is 1. The van der Waals surface area contributed by atoms with E-state index < -0.39 is 10.8 Å². The zero-order valence-electron chi connectivity index (χ0n) is 19.4. The molecular formula is C27H24ClN5O3. The number of amides is 1. The number of hydrogen-bond acceptors (Lipinski definition) is 6. The SMILES string of the molecule is N#C/C(=C/Nc1cc([N+](=O)[O-])ccc1Cl)C(=O)N1CCN(C(c2ccccc2)c2ccccc2)CC1. The molecule has 0 atom stereocenters. The number of halogens is 1. The molecule has 4 rings (SSSR count). The maximum absolute atomic E-state index is 13.1. The van der Waals surface area contributed by atoms with Crippen LogP contribution in [0.3, 0.4) is 0 Å². The fraction of sp³-hybridized carbons (Fsp3) is 0.185. The topological polar surface area (TPSA) is 103 Å². The van der Waals surface area contributed by atoms with Gasteiger partial charge < -0.3 is 10.2 Å². The van der Waals surface area contributed by atoms with Crippen molar-refractivity contribution in [3.63, 3.8) is 0 Å². The number of non-ortho nitro benzene ring substituents is 1. The van der Waals surface area contributed by atoms with Gasteiger partial charge in [0.05, 0.1) is 21.7 Å². The first-order valence-electron chi connectivity index (χ1n) is 11.4. The number of nitriles is 1. The zero-order chi connectivity index (χ0) is 25.5. The van der Waals surface area contributed by atoms with Gasteiger partial charge in [-0.15, -0.1) is 0 Å². The first kappa shape index (κ1) is 24.9. The van der Waals surface area contributed by atoms with Crippen molar-refractivity contribution in [3.8, 4) is 6.07 Å². The molecular weight excluding hydrogens is 478 g/mol. The molecule has 1 aliphatic heterocycles. The summed E-state index contributed by atoms with van der Waals surface area (Å²) in [5.41, 5.74) is 2.35. The van der Waals surface area contributed by atoms with Gasteiger partial charge in [0, 0.05) is 44.5 Å². The van der Waals surface area contributed by atoms with Crippen LogP contribution in [0.4, 0.5) is 11.4 Å². The molecule has 8 nitrogen and oxygen atoms in total. The summed E-state index contributed by atoms with van der Waals surface area (Å²) >= 11 is 6.10. The molecule has 1 saturated heterocycles. The average Bonchev–Trinajstić information content (AvgIpc) is 2.91. The Morgan fingerprint density at radius 2 is 1.58 bits per heavy atom. The number of anilines is 1. The summed E-state index contributed by atoms with van der Waals surface area (Å²) in [5.74, 6) is -0.401. The highest BCUT2D eigenvalue weighted by molar-refractivity contribution is 6.33. The molecule has 0 saturated carbocycles.